The number of fused-ring (bicyclic) bond motifs is 5. The molecule has 0 bridgehead atoms. The lowest BCUT2D eigenvalue weighted by Gasteiger charge is -2.63. The van der Waals surface area contributed by atoms with Crippen LogP contribution in [0.25, 0.3) is 0 Å². The molecule has 0 aromatic carbocycles. The number of amides is 1. The van der Waals surface area contributed by atoms with Gasteiger partial charge in [0.1, 0.15) is 0 Å². The van der Waals surface area contributed by atoms with Crippen LogP contribution in [0.5, 0.6) is 0 Å². The van der Waals surface area contributed by atoms with Crippen molar-refractivity contribution in [3.63, 3.8) is 0 Å². The molecule has 0 heterocycles. The van der Waals surface area contributed by atoms with Gasteiger partial charge in [-0.05, 0) is 105 Å². The lowest BCUT2D eigenvalue weighted by Crippen LogP contribution is -2.64. The molecule has 4 aliphatic rings. The largest absolute Gasteiger partial charge is 0.393 e. The van der Waals surface area contributed by atoms with E-state index in [9.17, 15) is 28.5 Å². The van der Waals surface area contributed by atoms with Crippen molar-refractivity contribution in [1.82, 2.24) is 5.32 Å². The van der Waals surface area contributed by atoms with Crippen LogP contribution >= 0.6 is 0 Å². The van der Waals surface area contributed by atoms with E-state index in [1.165, 1.54) is 0 Å². The minimum atomic E-state index is -4.13. The summed E-state index contributed by atoms with van der Waals surface area (Å²) >= 11 is 0. The maximum absolute atomic E-state index is 12.4. The predicted molar refractivity (Wildman–Crippen MR) is 136 cm³/mol. The van der Waals surface area contributed by atoms with Crippen molar-refractivity contribution in [2.45, 2.75) is 110 Å². The van der Waals surface area contributed by atoms with E-state index in [2.05, 4.69) is 26.1 Å². The summed E-state index contributed by atoms with van der Waals surface area (Å²) in [4.78, 5) is 12.4. The van der Waals surface area contributed by atoms with Crippen LogP contribution < -0.4 is 5.32 Å². The average Bonchev–Trinajstić information content (AvgIpc) is 3.12. The molecular weight excluding hydrogens is 482 g/mol. The predicted octanol–water partition coefficient (Wildman–Crippen LogP) is 2.76. The van der Waals surface area contributed by atoms with Gasteiger partial charge in [0.15, 0.2) is 0 Å². The molecule has 1 amide bonds. The highest BCUT2D eigenvalue weighted by molar-refractivity contribution is 7.85. The number of aliphatic hydroxyl groups excluding tert-OH is 3. The highest BCUT2D eigenvalue weighted by Gasteiger charge is 2.65. The Kier molecular flexibility index (Phi) is 7.93. The molecule has 0 spiro atoms. The van der Waals surface area contributed by atoms with Crippen molar-refractivity contribution in [2.24, 2.45) is 46.3 Å². The maximum Gasteiger partial charge on any atom is 0.266 e. The van der Waals surface area contributed by atoms with Crippen molar-refractivity contribution in [3.05, 3.63) is 0 Å². The molecule has 12 atom stereocenters. The Labute approximate surface area is 216 Å². The number of nitrogens with one attached hydrogen (secondary N) is 1. The van der Waals surface area contributed by atoms with Crippen molar-refractivity contribution < 1.29 is 33.1 Å². The molecule has 0 aromatic heterocycles. The minimum Gasteiger partial charge on any atom is -0.393 e. The molecule has 9 heteroatoms. The fourth-order valence-corrected chi connectivity index (χ4v) is 10.2. The number of carbonyl (C=O) groups excluding carboxylic acids is 1. The zero-order valence-corrected chi connectivity index (χ0v) is 23.1. The molecule has 4 fully saturated rings. The Bertz CT molecular complexity index is 927. The summed E-state index contributed by atoms with van der Waals surface area (Å²) in [6.07, 6.45) is 5.50. The van der Waals surface area contributed by atoms with E-state index in [0.29, 0.717) is 42.9 Å². The van der Waals surface area contributed by atoms with E-state index in [4.69, 9.17) is 4.55 Å². The Morgan fingerprint density at radius 2 is 1.58 bits per heavy atom. The van der Waals surface area contributed by atoms with Gasteiger partial charge in [0, 0.05) is 12.5 Å². The highest BCUT2D eigenvalue weighted by Crippen LogP contribution is 2.68. The molecule has 8 nitrogen and oxygen atoms in total. The molecule has 4 unspecified atom stereocenters. The van der Waals surface area contributed by atoms with Gasteiger partial charge in [0.05, 0.1) is 24.1 Å². The molecule has 0 saturated heterocycles. The van der Waals surface area contributed by atoms with Gasteiger partial charge in [0.2, 0.25) is 5.91 Å². The maximum atomic E-state index is 12.4. The summed E-state index contributed by atoms with van der Waals surface area (Å²) in [5.74, 6) is 0.735. The second kappa shape index (κ2) is 10.1. The number of hydrogen-bond acceptors (Lipinski definition) is 6. The van der Waals surface area contributed by atoms with Gasteiger partial charge in [-0.25, -0.2) is 0 Å². The van der Waals surface area contributed by atoms with Gasteiger partial charge >= 0.3 is 0 Å². The highest BCUT2D eigenvalue weighted by atomic mass is 32.2. The lowest BCUT2D eigenvalue weighted by molar-refractivity contribution is -0.223. The Morgan fingerprint density at radius 1 is 0.944 bits per heavy atom. The van der Waals surface area contributed by atoms with Gasteiger partial charge < -0.3 is 20.6 Å². The van der Waals surface area contributed by atoms with Gasteiger partial charge in [-0.2, -0.15) is 8.42 Å². The Hall–Kier alpha value is -0.740. The first-order valence-corrected chi connectivity index (χ1v) is 15.6. The lowest BCUT2D eigenvalue weighted by atomic mass is 9.43. The number of hydrogen-bond donors (Lipinski definition) is 5. The average molecular weight is 530 g/mol. The van der Waals surface area contributed by atoms with Crippen LogP contribution in [0.4, 0.5) is 0 Å². The molecule has 36 heavy (non-hydrogen) atoms. The van der Waals surface area contributed by atoms with Crippen molar-refractivity contribution in [1.29, 1.82) is 0 Å². The molecule has 0 aromatic rings. The standard InChI is InChI=1S/C27H47NO7S/c1-15(5-8-22(30)28-16(2)14-36(33,34)35)18-6-7-19-23-20(10-12-26(18,19)3)27(4)11-9-17(29)13-21(27)24(31)25(23)32/h15-21,23-25,29,31-32H,5-14H2,1-4H3,(H,28,30)(H,33,34,35)/t15-,16+,17-,18-,19?,20?,21?,23?,24-,25+,26-,27-/m1/s1. The normalized spacial score (nSPS) is 46.2. The molecule has 4 saturated carbocycles. The quantitative estimate of drug-likeness (QED) is 0.319. The monoisotopic (exact) mass is 529 g/mol. The van der Waals surface area contributed by atoms with E-state index in [0.717, 1.165) is 38.5 Å². The summed E-state index contributed by atoms with van der Waals surface area (Å²) in [5.41, 5.74) is -0.00218. The molecule has 0 radical (unpaired) electrons. The summed E-state index contributed by atoms with van der Waals surface area (Å²) in [5, 5.41) is 35.5. The van der Waals surface area contributed by atoms with E-state index in [-0.39, 0.29) is 34.7 Å². The topological polar surface area (TPSA) is 144 Å². The molecule has 208 valence electrons. The second-order valence-electron chi connectivity index (χ2n) is 13.3. The molecule has 4 aliphatic carbocycles. The van der Waals surface area contributed by atoms with Crippen LogP contribution in [-0.4, -0.2) is 64.3 Å². The second-order valence-corrected chi connectivity index (χ2v) is 14.8. The molecular formula is C27H47NO7S. The Morgan fingerprint density at radius 3 is 2.25 bits per heavy atom. The Balaban J connectivity index is 1.42. The molecule has 5 N–H and O–H groups in total. The van der Waals surface area contributed by atoms with E-state index in [1.807, 2.05) is 0 Å². The first kappa shape index (κ1) is 28.3. The van der Waals surface area contributed by atoms with Crippen molar-refractivity contribution in [2.75, 3.05) is 5.75 Å². The van der Waals surface area contributed by atoms with Crippen molar-refractivity contribution >= 4 is 16.0 Å². The smallest absolute Gasteiger partial charge is 0.266 e. The fraction of sp³-hybridized carbons (Fsp3) is 0.963. The van der Waals surface area contributed by atoms with Gasteiger partial charge in [-0.15, -0.1) is 0 Å². The van der Waals surface area contributed by atoms with Crippen LogP contribution in [0.3, 0.4) is 0 Å². The van der Waals surface area contributed by atoms with Crippen molar-refractivity contribution in [3.8, 4) is 0 Å². The first-order chi connectivity index (χ1) is 16.7. The summed E-state index contributed by atoms with van der Waals surface area (Å²) < 4.78 is 31.1. The van der Waals surface area contributed by atoms with Gasteiger partial charge in [0.25, 0.3) is 10.1 Å². The summed E-state index contributed by atoms with van der Waals surface area (Å²) in [6, 6.07) is -0.642. The van der Waals surface area contributed by atoms with Crippen LogP contribution in [-0.2, 0) is 14.9 Å². The van der Waals surface area contributed by atoms with Crippen LogP contribution in [0.15, 0.2) is 0 Å². The van der Waals surface area contributed by atoms with Crippen LogP contribution in [0, 0.1) is 46.3 Å². The van der Waals surface area contributed by atoms with E-state index >= 15 is 0 Å². The number of aliphatic hydroxyl groups is 3. The summed E-state index contributed by atoms with van der Waals surface area (Å²) in [6.45, 7) is 8.41. The third kappa shape index (κ3) is 5.12. The van der Waals surface area contributed by atoms with Crippen LogP contribution in [0.2, 0.25) is 0 Å². The zero-order valence-electron chi connectivity index (χ0n) is 22.3. The summed E-state index contributed by atoms with van der Waals surface area (Å²) in [7, 11) is -4.13. The number of rotatable bonds is 7. The number of carbonyl (C=O) groups is 1. The minimum absolute atomic E-state index is 0.0490. The molecule has 4 rings (SSSR count). The molecule has 0 aliphatic heterocycles. The van der Waals surface area contributed by atoms with Gasteiger partial charge in [-0.1, -0.05) is 20.8 Å². The van der Waals surface area contributed by atoms with Crippen LogP contribution in [0.1, 0.15) is 85.5 Å². The fourth-order valence-electron chi connectivity index (χ4n) is 9.48. The van der Waals surface area contributed by atoms with E-state index < -0.39 is 34.1 Å². The third-order valence-corrected chi connectivity index (χ3v) is 12.1. The third-order valence-electron chi connectivity index (χ3n) is 11.2. The zero-order chi connectivity index (χ0) is 26.6. The van der Waals surface area contributed by atoms with Gasteiger partial charge in [-0.3, -0.25) is 9.35 Å². The SMILES string of the molecule is C[C@H](CCC(=O)N[C@@H](C)CS(=O)(=O)O)[C@H]1CCC2C3C(CC[C@@]21C)[C@@]1(C)CC[C@@H](O)CC1[C@@H](O)[C@H]3O. The van der Waals surface area contributed by atoms with E-state index in [1.54, 1.807) is 6.92 Å². The first-order valence-electron chi connectivity index (χ1n) is 14.0.